The quantitative estimate of drug-likeness (QED) is 0.587. The average Bonchev–Trinajstić information content (AvgIpc) is 2.29. The van der Waals surface area contributed by atoms with E-state index in [0.717, 1.165) is 8.61 Å². The number of hydrogen-bond donors (Lipinski definition) is 0. The van der Waals surface area contributed by atoms with Gasteiger partial charge in [0.15, 0.2) is 0 Å². The molecule has 0 aliphatic carbocycles. The molecular weight excluding hydrogens is 258 g/mol. The van der Waals surface area contributed by atoms with Gasteiger partial charge >= 0.3 is 0 Å². The summed E-state index contributed by atoms with van der Waals surface area (Å²) in [7, 11) is 0.623. The Labute approximate surface area is 106 Å². The highest BCUT2D eigenvalue weighted by molar-refractivity contribution is 7.86. The number of nitro groups is 1. The molecule has 100 valence electrons. The molecule has 0 saturated heterocycles. The van der Waals surface area contributed by atoms with Crippen LogP contribution in [0.5, 0.6) is 0 Å². The Hall–Kier alpha value is -1.51. The Kier molecular flexibility index (Phi) is 4.38. The lowest BCUT2D eigenvalue weighted by atomic mass is 10.2. The van der Waals surface area contributed by atoms with Gasteiger partial charge in [0, 0.05) is 39.3 Å². The first-order valence-corrected chi connectivity index (χ1v) is 6.52. The summed E-state index contributed by atoms with van der Waals surface area (Å²) in [5.74, 6) is 0. The second kappa shape index (κ2) is 5.42. The predicted octanol–water partition coefficient (Wildman–Crippen LogP) is 0.833. The Morgan fingerprint density at radius 2 is 1.78 bits per heavy atom. The highest BCUT2D eigenvalue weighted by Gasteiger charge is 2.23. The summed E-state index contributed by atoms with van der Waals surface area (Å²) >= 11 is 0. The summed E-state index contributed by atoms with van der Waals surface area (Å²) in [6, 6.07) is 6.08. The van der Waals surface area contributed by atoms with Gasteiger partial charge in [-0.15, -0.1) is 0 Å². The van der Waals surface area contributed by atoms with Gasteiger partial charge in [-0.25, -0.2) is 0 Å². The van der Waals surface area contributed by atoms with E-state index in [1.54, 1.807) is 18.2 Å². The molecule has 0 aliphatic heterocycles. The zero-order chi connectivity index (χ0) is 13.9. The van der Waals surface area contributed by atoms with E-state index in [2.05, 4.69) is 0 Å². The van der Waals surface area contributed by atoms with Crippen LogP contribution in [0.15, 0.2) is 24.3 Å². The van der Waals surface area contributed by atoms with Crippen molar-refractivity contribution in [2.75, 3.05) is 21.1 Å². The monoisotopic (exact) mass is 273 g/mol. The lowest BCUT2D eigenvalue weighted by molar-refractivity contribution is -0.385. The van der Waals surface area contributed by atoms with Crippen LogP contribution in [0.25, 0.3) is 0 Å². The van der Waals surface area contributed by atoms with Crippen molar-refractivity contribution in [3.63, 3.8) is 0 Å². The molecule has 1 rings (SSSR count). The molecule has 18 heavy (non-hydrogen) atoms. The standard InChI is InChI=1S/C10H15N3O4S/c1-11(2)18(16,17)12(3)8-9-6-4-5-7-10(9)13(14)15/h4-7H,8H2,1-3H3. The highest BCUT2D eigenvalue weighted by Crippen LogP contribution is 2.20. The van der Waals surface area contributed by atoms with E-state index in [9.17, 15) is 18.5 Å². The molecule has 0 amide bonds. The summed E-state index contributed by atoms with van der Waals surface area (Å²) < 4.78 is 25.7. The van der Waals surface area contributed by atoms with Crippen molar-refractivity contribution in [3.05, 3.63) is 39.9 Å². The minimum atomic E-state index is -3.57. The molecule has 0 N–H and O–H groups in total. The van der Waals surface area contributed by atoms with Crippen molar-refractivity contribution in [2.24, 2.45) is 0 Å². The molecule has 1 aromatic carbocycles. The normalized spacial score (nSPS) is 12.1. The molecule has 0 atom stereocenters. The Bertz CT molecular complexity index is 542. The molecule has 0 fully saturated rings. The van der Waals surface area contributed by atoms with E-state index in [1.807, 2.05) is 0 Å². The molecular formula is C10H15N3O4S. The molecule has 0 heterocycles. The summed E-state index contributed by atoms with van der Waals surface area (Å²) in [5, 5.41) is 10.8. The van der Waals surface area contributed by atoms with E-state index in [-0.39, 0.29) is 12.2 Å². The first kappa shape index (κ1) is 14.6. The zero-order valence-corrected chi connectivity index (χ0v) is 11.2. The lowest BCUT2D eigenvalue weighted by Gasteiger charge is -2.21. The van der Waals surface area contributed by atoms with Crippen LogP contribution >= 0.6 is 0 Å². The maximum atomic E-state index is 11.8. The molecule has 8 heteroatoms. The number of rotatable bonds is 5. The first-order chi connectivity index (χ1) is 8.26. The van der Waals surface area contributed by atoms with E-state index < -0.39 is 15.1 Å². The van der Waals surface area contributed by atoms with E-state index in [1.165, 1.54) is 27.2 Å². The summed E-state index contributed by atoms with van der Waals surface area (Å²) in [6.45, 7) is -0.0440. The van der Waals surface area contributed by atoms with E-state index in [4.69, 9.17) is 0 Å². The van der Waals surface area contributed by atoms with Crippen molar-refractivity contribution in [1.82, 2.24) is 8.61 Å². The van der Waals surface area contributed by atoms with Crippen molar-refractivity contribution in [1.29, 1.82) is 0 Å². The Balaban J connectivity index is 3.03. The fourth-order valence-electron chi connectivity index (χ4n) is 1.42. The van der Waals surface area contributed by atoms with Gasteiger partial charge in [0.2, 0.25) is 0 Å². The van der Waals surface area contributed by atoms with Gasteiger partial charge in [-0.3, -0.25) is 10.1 Å². The van der Waals surface area contributed by atoms with Crippen LogP contribution < -0.4 is 0 Å². The molecule has 0 spiro atoms. The van der Waals surface area contributed by atoms with Crippen molar-refractivity contribution in [3.8, 4) is 0 Å². The van der Waals surface area contributed by atoms with Gasteiger partial charge in [-0.2, -0.15) is 17.0 Å². The SMILES string of the molecule is CN(C)S(=O)(=O)N(C)Cc1ccccc1[N+](=O)[O-]. The molecule has 0 aliphatic rings. The maximum absolute atomic E-state index is 11.8. The first-order valence-electron chi connectivity index (χ1n) is 5.13. The van der Waals surface area contributed by atoms with E-state index >= 15 is 0 Å². The third-order valence-corrected chi connectivity index (χ3v) is 4.28. The lowest BCUT2D eigenvalue weighted by Crippen LogP contribution is -2.36. The second-order valence-electron chi connectivity index (χ2n) is 3.93. The van der Waals surface area contributed by atoms with Gasteiger partial charge in [0.25, 0.3) is 15.9 Å². The molecule has 0 saturated carbocycles. The summed E-state index contributed by atoms with van der Waals surface area (Å²) in [6.07, 6.45) is 0. The summed E-state index contributed by atoms with van der Waals surface area (Å²) in [5.41, 5.74) is 0.272. The van der Waals surface area contributed by atoms with E-state index in [0.29, 0.717) is 5.56 Å². The molecule has 1 aromatic rings. The fraction of sp³-hybridized carbons (Fsp3) is 0.400. The van der Waals surface area contributed by atoms with Gasteiger partial charge in [-0.1, -0.05) is 18.2 Å². The van der Waals surface area contributed by atoms with Crippen LogP contribution in [0.2, 0.25) is 0 Å². The minimum absolute atomic E-state index is 0.0440. The molecule has 0 bridgehead atoms. The molecule has 0 aromatic heterocycles. The molecule has 0 radical (unpaired) electrons. The number of para-hydroxylation sites is 1. The van der Waals surface area contributed by atoms with Gasteiger partial charge in [0.1, 0.15) is 0 Å². The van der Waals surface area contributed by atoms with Crippen molar-refractivity contribution >= 4 is 15.9 Å². The van der Waals surface area contributed by atoms with Crippen LogP contribution in [0, 0.1) is 10.1 Å². The Morgan fingerprint density at radius 1 is 1.22 bits per heavy atom. The highest BCUT2D eigenvalue weighted by atomic mass is 32.2. The third-order valence-electron chi connectivity index (χ3n) is 2.44. The second-order valence-corrected chi connectivity index (χ2v) is 6.18. The van der Waals surface area contributed by atoms with Crippen LogP contribution in [0.4, 0.5) is 5.69 Å². The smallest absolute Gasteiger partial charge is 0.258 e. The van der Waals surface area contributed by atoms with Crippen LogP contribution in [0.1, 0.15) is 5.56 Å². The molecule has 0 unspecified atom stereocenters. The maximum Gasteiger partial charge on any atom is 0.281 e. The average molecular weight is 273 g/mol. The zero-order valence-electron chi connectivity index (χ0n) is 10.4. The van der Waals surface area contributed by atoms with Crippen LogP contribution in [0.3, 0.4) is 0 Å². The van der Waals surface area contributed by atoms with Crippen LogP contribution in [-0.4, -0.2) is 43.1 Å². The van der Waals surface area contributed by atoms with Gasteiger partial charge < -0.3 is 0 Å². The van der Waals surface area contributed by atoms with Crippen molar-refractivity contribution < 1.29 is 13.3 Å². The Morgan fingerprint density at radius 3 is 2.28 bits per heavy atom. The minimum Gasteiger partial charge on any atom is -0.258 e. The largest absolute Gasteiger partial charge is 0.281 e. The topological polar surface area (TPSA) is 83.8 Å². The predicted molar refractivity (Wildman–Crippen MR) is 67.2 cm³/mol. The summed E-state index contributed by atoms with van der Waals surface area (Å²) in [4.78, 5) is 10.3. The van der Waals surface area contributed by atoms with Gasteiger partial charge in [0.05, 0.1) is 4.92 Å². The number of nitrogens with zero attached hydrogens (tertiary/aromatic N) is 3. The van der Waals surface area contributed by atoms with Gasteiger partial charge in [-0.05, 0) is 0 Å². The molecule has 7 nitrogen and oxygen atoms in total. The number of nitro benzene ring substituents is 1. The third kappa shape index (κ3) is 3.03. The van der Waals surface area contributed by atoms with Crippen molar-refractivity contribution in [2.45, 2.75) is 6.54 Å². The fourth-order valence-corrected chi connectivity index (χ4v) is 2.28. The number of benzene rings is 1. The number of hydrogen-bond acceptors (Lipinski definition) is 4. The van der Waals surface area contributed by atoms with Crippen LogP contribution in [-0.2, 0) is 16.8 Å².